The molecule has 5 nitrogen and oxygen atoms in total. The van der Waals surface area contributed by atoms with Gasteiger partial charge in [-0.25, -0.2) is 0 Å². The number of hydrogen-bond acceptors (Lipinski definition) is 4. The van der Waals surface area contributed by atoms with Gasteiger partial charge in [0.2, 0.25) is 0 Å². The molecule has 0 aliphatic carbocycles. The van der Waals surface area contributed by atoms with Crippen molar-refractivity contribution >= 4 is 34.0 Å². The fraction of sp³-hybridized carbons (Fsp3) is 0.200. The molecule has 2 aromatic rings. The highest BCUT2D eigenvalue weighted by Crippen LogP contribution is 2.26. The largest absolute Gasteiger partial charge is 0.489 e. The van der Waals surface area contributed by atoms with Crippen LogP contribution in [0.2, 0.25) is 0 Å². The van der Waals surface area contributed by atoms with Crippen LogP contribution in [0, 0.1) is 13.7 Å². The topological polar surface area (TPSA) is 64.4 Å². The van der Waals surface area contributed by atoms with Gasteiger partial charge >= 0.3 is 0 Å². The van der Waals surface area contributed by atoms with Crippen LogP contribution in [0.25, 0.3) is 0 Å². The van der Waals surface area contributed by atoms with Crippen LogP contribution in [0.4, 0.5) is 11.4 Å². The third-order valence-electron chi connectivity index (χ3n) is 2.85. The maximum Gasteiger partial charge on any atom is 0.292 e. The lowest BCUT2D eigenvalue weighted by Crippen LogP contribution is -2.03. The zero-order valence-electron chi connectivity index (χ0n) is 11.5. The SMILES string of the molecule is CCNc1ccc(COc2ccc(I)cc2)cc1[N+](=O)[O-]. The number of nitro groups is 1. The average Bonchev–Trinajstić information content (AvgIpc) is 2.48. The third-order valence-corrected chi connectivity index (χ3v) is 3.56. The molecule has 0 atom stereocenters. The van der Waals surface area contributed by atoms with Crippen LogP contribution in [-0.4, -0.2) is 11.5 Å². The number of anilines is 1. The number of nitrogens with zero attached hydrogens (tertiary/aromatic N) is 1. The minimum Gasteiger partial charge on any atom is -0.489 e. The number of nitrogens with one attached hydrogen (secondary N) is 1. The van der Waals surface area contributed by atoms with Crippen LogP contribution in [0.1, 0.15) is 12.5 Å². The van der Waals surface area contributed by atoms with Gasteiger partial charge in [-0.1, -0.05) is 6.07 Å². The monoisotopic (exact) mass is 398 g/mol. The number of benzene rings is 2. The molecular formula is C15H15IN2O3. The molecule has 0 saturated carbocycles. The molecule has 0 spiro atoms. The molecule has 0 saturated heterocycles. The smallest absolute Gasteiger partial charge is 0.292 e. The van der Waals surface area contributed by atoms with E-state index in [1.807, 2.05) is 37.3 Å². The molecule has 0 radical (unpaired) electrons. The number of rotatable bonds is 6. The van der Waals surface area contributed by atoms with Crippen molar-refractivity contribution in [2.75, 3.05) is 11.9 Å². The molecule has 1 N–H and O–H groups in total. The Labute approximate surface area is 136 Å². The minimum atomic E-state index is -0.383. The molecule has 21 heavy (non-hydrogen) atoms. The van der Waals surface area contributed by atoms with Crippen LogP contribution in [0.5, 0.6) is 5.75 Å². The fourth-order valence-corrected chi connectivity index (χ4v) is 2.22. The fourth-order valence-electron chi connectivity index (χ4n) is 1.86. The minimum absolute atomic E-state index is 0.0700. The van der Waals surface area contributed by atoms with Crippen molar-refractivity contribution in [2.24, 2.45) is 0 Å². The van der Waals surface area contributed by atoms with Crippen LogP contribution < -0.4 is 10.1 Å². The quantitative estimate of drug-likeness (QED) is 0.450. The van der Waals surface area contributed by atoms with E-state index in [-0.39, 0.29) is 10.6 Å². The predicted molar refractivity (Wildman–Crippen MR) is 90.8 cm³/mol. The molecule has 0 aliphatic rings. The maximum absolute atomic E-state index is 11.1. The van der Waals surface area contributed by atoms with Gasteiger partial charge in [-0.05, 0) is 65.4 Å². The van der Waals surface area contributed by atoms with E-state index in [1.54, 1.807) is 12.1 Å². The summed E-state index contributed by atoms with van der Waals surface area (Å²) >= 11 is 2.22. The first-order valence-corrected chi connectivity index (χ1v) is 7.57. The third kappa shape index (κ3) is 4.32. The van der Waals surface area contributed by atoms with Crippen molar-refractivity contribution in [3.05, 3.63) is 61.7 Å². The van der Waals surface area contributed by atoms with E-state index in [2.05, 4.69) is 27.9 Å². The molecule has 0 fully saturated rings. The van der Waals surface area contributed by atoms with Gasteiger partial charge in [-0.15, -0.1) is 0 Å². The summed E-state index contributed by atoms with van der Waals surface area (Å²) in [7, 11) is 0. The van der Waals surface area contributed by atoms with Crippen LogP contribution >= 0.6 is 22.6 Å². The number of nitro benzene ring substituents is 1. The Kier molecular flexibility index (Phi) is 5.38. The maximum atomic E-state index is 11.1. The summed E-state index contributed by atoms with van der Waals surface area (Å²) < 4.78 is 6.77. The van der Waals surface area contributed by atoms with Crippen molar-refractivity contribution in [1.82, 2.24) is 0 Å². The summed E-state index contributed by atoms with van der Waals surface area (Å²) in [5, 5.41) is 14.1. The zero-order valence-corrected chi connectivity index (χ0v) is 13.7. The molecule has 0 aromatic heterocycles. The van der Waals surface area contributed by atoms with Gasteiger partial charge in [0.15, 0.2) is 0 Å². The van der Waals surface area contributed by atoms with E-state index >= 15 is 0 Å². The summed E-state index contributed by atoms with van der Waals surface area (Å²) in [6.45, 7) is 2.84. The number of halogens is 1. The zero-order chi connectivity index (χ0) is 15.2. The van der Waals surface area contributed by atoms with Crippen molar-refractivity contribution < 1.29 is 9.66 Å². The lowest BCUT2D eigenvalue weighted by atomic mass is 10.2. The first-order valence-electron chi connectivity index (χ1n) is 6.49. The molecule has 110 valence electrons. The lowest BCUT2D eigenvalue weighted by Gasteiger charge is -2.09. The van der Waals surface area contributed by atoms with Crippen molar-refractivity contribution in [2.45, 2.75) is 13.5 Å². The molecule has 2 aromatic carbocycles. The van der Waals surface area contributed by atoms with Crippen molar-refractivity contribution in [1.29, 1.82) is 0 Å². The Morgan fingerprint density at radius 2 is 1.95 bits per heavy atom. The first-order chi connectivity index (χ1) is 10.1. The molecular weight excluding hydrogens is 383 g/mol. The second kappa shape index (κ2) is 7.26. The van der Waals surface area contributed by atoms with Crippen LogP contribution in [0.3, 0.4) is 0 Å². The van der Waals surface area contributed by atoms with E-state index in [1.165, 1.54) is 0 Å². The highest BCUT2D eigenvalue weighted by atomic mass is 127. The van der Waals surface area contributed by atoms with E-state index in [4.69, 9.17) is 4.74 Å². The Morgan fingerprint density at radius 1 is 1.24 bits per heavy atom. The Morgan fingerprint density at radius 3 is 2.57 bits per heavy atom. The van der Waals surface area contributed by atoms with Crippen LogP contribution in [-0.2, 0) is 6.61 Å². The van der Waals surface area contributed by atoms with Crippen molar-refractivity contribution in [3.63, 3.8) is 0 Å². The van der Waals surface area contributed by atoms with Crippen molar-refractivity contribution in [3.8, 4) is 5.75 Å². The molecule has 2 rings (SSSR count). The molecule has 6 heteroatoms. The predicted octanol–water partition coefficient (Wildman–Crippen LogP) is 4.21. The molecule has 0 heterocycles. The Bertz CT molecular complexity index is 629. The van der Waals surface area contributed by atoms with Gasteiger partial charge in [0.25, 0.3) is 5.69 Å². The van der Waals surface area contributed by atoms with Crippen LogP contribution in [0.15, 0.2) is 42.5 Å². The van der Waals surface area contributed by atoms with Gasteiger partial charge in [0.1, 0.15) is 18.0 Å². The van der Waals surface area contributed by atoms with Gasteiger partial charge in [0.05, 0.1) is 4.92 Å². The van der Waals surface area contributed by atoms with Gasteiger partial charge in [0, 0.05) is 16.2 Å². The first kappa shape index (κ1) is 15.6. The Balaban J connectivity index is 2.11. The van der Waals surface area contributed by atoms with Gasteiger partial charge in [-0.3, -0.25) is 10.1 Å². The standard InChI is InChI=1S/C15H15IN2O3/c1-2-17-14-8-3-11(9-15(14)18(19)20)10-21-13-6-4-12(16)5-7-13/h3-9,17H,2,10H2,1H3. The highest BCUT2D eigenvalue weighted by Gasteiger charge is 2.14. The molecule has 0 bridgehead atoms. The molecule has 0 aliphatic heterocycles. The normalized spacial score (nSPS) is 10.2. The van der Waals surface area contributed by atoms with E-state index in [9.17, 15) is 10.1 Å². The summed E-state index contributed by atoms with van der Waals surface area (Å²) in [5.41, 5.74) is 1.36. The number of hydrogen-bond donors (Lipinski definition) is 1. The average molecular weight is 398 g/mol. The summed E-state index contributed by atoms with van der Waals surface area (Å²) in [6, 6.07) is 12.8. The molecule has 0 amide bonds. The Hall–Kier alpha value is -1.83. The highest BCUT2D eigenvalue weighted by molar-refractivity contribution is 14.1. The summed E-state index contributed by atoms with van der Waals surface area (Å²) in [6.07, 6.45) is 0. The van der Waals surface area contributed by atoms with Gasteiger partial charge in [-0.2, -0.15) is 0 Å². The summed E-state index contributed by atoms with van der Waals surface area (Å²) in [5.74, 6) is 0.744. The van der Waals surface area contributed by atoms with E-state index in [0.717, 1.165) is 14.9 Å². The summed E-state index contributed by atoms with van der Waals surface area (Å²) in [4.78, 5) is 10.7. The van der Waals surface area contributed by atoms with E-state index < -0.39 is 0 Å². The second-order valence-corrected chi connectivity index (χ2v) is 5.63. The second-order valence-electron chi connectivity index (χ2n) is 4.38. The van der Waals surface area contributed by atoms with Gasteiger partial charge < -0.3 is 10.1 Å². The van der Waals surface area contributed by atoms with E-state index in [0.29, 0.717) is 18.8 Å². The lowest BCUT2D eigenvalue weighted by molar-refractivity contribution is -0.384. The molecule has 0 unspecified atom stereocenters. The number of ether oxygens (including phenoxy) is 1.